The first-order chi connectivity index (χ1) is 8.93. The second-order valence-electron chi connectivity index (χ2n) is 4.11. The largest absolute Gasteiger partial charge is 0.394 e. The van der Waals surface area contributed by atoms with Crippen LogP contribution < -0.4 is 11.4 Å². The number of nitrogens with zero attached hydrogens (tertiary/aromatic N) is 2. The summed E-state index contributed by atoms with van der Waals surface area (Å²) in [5.74, 6) is 1.73. The highest BCUT2D eigenvalue weighted by molar-refractivity contribution is 5.25. The maximum absolute atomic E-state index is 14.6. The zero-order valence-corrected chi connectivity index (χ0v) is 9.73. The van der Waals surface area contributed by atoms with Gasteiger partial charge in [0.15, 0.2) is 6.23 Å². The van der Waals surface area contributed by atoms with Crippen LogP contribution >= 0.6 is 0 Å². The molecule has 102 valence electrons. The number of halogens is 1. The van der Waals surface area contributed by atoms with Gasteiger partial charge in [-0.25, -0.2) is 9.18 Å². The molecule has 0 amide bonds. The van der Waals surface area contributed by atoms with E-state index in [0.717, 1.165) is 10.8 Å². The van der Waals surface area contributed by atoms with Crippen molar-refractivity contribution in [3.63, 3.8) is 0 Å². The molecule has 0 aromatic carbocycles. The molecule has 0 saturated carbocycles. The Morgan fingerprint density at radius 1 is 1.74 bits per heavy atom. The van der Waals surface area contributed by atoms with Gasteiger partial charge in [0.1, 0.15) is 18.0 Å². The molecule has 19 heavy (non-hydrogen) atoms. The quantitative estimate of drug-likeness (QED) is 0.559. The average Bonchev–Trinajstić information content (AvgIpc) is 2.63. The Morgan fingerprint density at radius 3 is 2.95 bits per heavy atom. The maximum atomic E-state index is 14.6. The van der Waals surface area contributed by atoms with Crippen molar-refractivity contribution in [3.05, 3.63) is 22.7 Å². The Kier molecular flexibility index (Phi) is 3.28. The van der Waals surface area contributed by atoms with Gasteiger partial charge in [0, 0.05) is 6.20 Å². The van der Waals surface area contributed by atoms with Crippen molar-refractivity contribution >= 4 is 5.82 Å². The van der Waals surface area contributed by atoms with Crippen LogP contribution in [0.15, 0.2) is 17.1 Å². The molecule has 3 unspecified atom stereocenters. The fraction of sp³-hybridized carbons (Fsp3) is 0.455. The summed E-state index contributed by atoms with van der Waals surface area (Å²) in [5, 5.41) is 18.7. The number of terminal acetylenes is 1. The summed E-state index contributed by atoms with van der Waals surface area (Å²) in [4.78, 5) is 15.1. The van der Waals surface area contributed by atoms with E-state index in [-0.39, 0.29) is 5.82 Å². The molecule has 4 N–H and O–H groups in total. The Hall–Kier alpha value is -1.95. The summed E-state index contributed by atoms with van der Waals surface area (Å²) in [7, 11) is 0. The molecular formula is C11H12FN3O4. The minimum Gasteiger partial charge on any atom is -0.394 e. The number of nitrogens with two attached hydrogens (primary N) is 1. The summed E-state index contributed by atoms with van der Waals surface area (Å²) in [6.07, 6.45) is 1.68. The molecule has 2 heterocycles. The SMILES string of the molecule is C#CC1(F)C(n2ccc(N)nc2=O)OC(CO)[C@@H]1O. The minimum absolute atomic E-state index is 0.0383. The number of aliphatic hydroxyl groups is 2. The number of hydrogen-bond donors (Lipinski definition) is 3. The van der Waals surface area contributed by atoms with Crippen molar-refractivity contribution in [1.29, 1.82) is 0 Å². The number of alkyl halides is 1. The molecule has 1 aliphatic rings. The van der Waals surface area contributed by atoms with E-state index in [2.05, 4.69) is 4.98 Å². The highest BCUT2D eigenvalue weighted by atomic mass is 19.1. The van der Waals surface area contributed by atoms with E-state index in [9.17, 15) is 14.3 Å². The van der Waals surface area contributed by atoms with E-state index in [0.29, 0.717) is 0 Å². The standard InChI is InChI=1S/C11H12FN3O4/c1-2-11(12)8(17)6(5-16)19-9(11)15-4-3-7(13)14-10(15)18/h1,3-4,6,8-9,16-17H,5H2,(H2,13,14,18)/t6?,8-,9?,11?/m0/s1. The van der Waals surface area contributed by atoms with E-state index >= 15 is 0 Å². The predicted molar refractivity (Wildman–Crippen MR) is 62.6 cm³/mol. The van der Waals surface area contributed by atoms with Crippen LogP contribution in [0.5, 0.6) is 0 Å². The molecule has 7 nitrogen and oxygen atoms in total. The maximum Gasteiger partial charge on any atom is 0.351 e. The van der Waals surface area contributed by atoms with Crippen LogP contribution in [0.4, 0.5) is 10.2 Å². The molecular weight excluding hydrogens is 257 g/mol. The Labute approximate surface area is 107 Å². The van der Waals surface area contributed by atoms with Gasteiger partial charge >= 0.3 is 5.69 Å². The lowest BCUT2D eigenvalue weighted by molar-refractivity contribution is -0.0542. The predicted octanol–water partition coefficient (Wildman–Crippen LogP) is -1.58. The number of aliphatic hydroxyl groups excluding tert-OH is 2. The van der Waals surface area contributed by atoms with Crippen LogP contribution in [0.1, 0.15) is 6.23 Å². The molecule has 2 rings (SSSR count). The highest BCUT2D eigenvalue weighted by Gasteiger charge is 2.57. The lowest BCUT2D eigenvalue weighted by atomic mass is 9.97. The van der Waals surface area contributed by atoms with Gasteiger partial charge < -0.3 is 20.7 Å². The summed E-state index contributed by atoms with van der Waals surface area (Å²) < 4.78 is 20.4. The summed E-state index contributed by atoms with van der Waals surface area (Å²) in [6, 6.07) is 1.26. The van der Waals surface area contributed by atoms with Gasteiger partial charge in [-0.15, -0.1) is 6.42 Å². The van der Waals surface area contributed by atoms with Gasteiger partial charge in [-0.05, 0) is 6.07 Å². The summed E-state index contributed by atoms with van der Waals surface area (Å²) in [5.41, 5.74) is 1.81. The smallest absolute Gasteiger partial charge is 0.351 e. The molecule has 0 bridgehead atoms. The first kappa shape index (κ1) is 13.5. The van der Waals surface area contributed by atoms with Crippen LogP contribution in [0.25, 0.3) is 0 Å². The second kappa shape index (κ2) is 4.62. The second-order valence-corrected chi connectivity index (χ2v) is 4.11. The first-order valence-electron chi connectivity index (χ1n) is 5.39. The van der Waals surface area contributed by atoms with E-state index < -0.39 is 36.4 Å². The van der Waals surface area contributed by atoms with Crippen LogP contribution in [0.2, 0.25) is 0 Å². The van der Waals surface area contributed by atoms with Gasteiger partial charge in [0.05, 0.1) is 6.61 Å². The van der Waals surface area contributed by atoms with Crippen LogP contribution in [0.3, 0.4) is 0 Å². The molecule has 1 fully saturated rings. The van der Waals surface area contributed by atoms with Crippen LogP contribution in [0, 0.1) is 12.3 Å². The van der Waals surface area contributed by atoms with Crippen molar-refractivity contribution < 1.29 is 19.3 Å². The lowest BCUT2D eigenvalue weighted by Gasteiger charge is -2.23. The van der Waals surface area contributed by atoms with E-state index in [1.54, 1.807) is 5.92 Å². The van der Waals surface area contributed by atoms with Crippen molar-refractivity contribution in [2.75, 3.05) is 12.3 Å². The Morgan fingerprint density at radius 2 is 2.42 bits per heavy atom. The average molecular weight is 269 g/mol. The van der Waals surface area contributed by atoms with Gasteiger partial charge in [0.2, 0.25) is 5.67 Å². The monoisotopic (exact) mass is 269 g/mol. The molecule has 8 heteroatoms. The molecule has 1 aromatic rings. The van der Waals surface area contributed by atoms with Gasteiger partial charge in [0.25, 0.3) is 0 Å². The fourth-order valence-electron chi connectivity index (χ4n) is 1.93. The highest BCUT2D eigenvalue weighted by Crippen LogP contribution is 2.40. The molecule has 1 aliphatic heterocycles. The summed E-state index contributed by atoms with van der Waals surface area (Å²) in [6.45, 7) is -0.637. The van der Waals surface area contributed by atoms with Crippen LogP contribution in [-0.2, 0) is 4.74 Å². The van der Waals surface area contributed by atoms with E-state index in [4.69, 9.17) is 22.0 Å². The first-order valence-corrected chi connectivity index (χ1v) is 5.39. The molecule has 1 aromatic heterocycles. The molecule has 1 saturated heterocycles. The minimum atomic E-state index is -2.64. The van der Waals surface area contributed by atoms with Crippen LogP contribution in [-0.4, -0.2) is 44.2 Å². The zero-order valence-electron chi connectivity index (χ0n) is 9.73. The van der Waals surface area contributed by atoms with Crippen molar-refractivity contribution in [2.24, 2.45) is 0 Å². The van der Waals surface area contributed by atoms with E-state index in [1.807, 2.05) is 0 Å². The number of anilines is 1. The number of rotatable bonds is 2. The summed E-state index contributed by atoms with van der Waals surface area (Å²) >= 11 is 0. The van der Waals surface area contributed by atoms with E-state index in [1.165, 1.54) is 6.07 Å². The lowest BCUT2D eigenvalue weighted by Crippen LogP contribution is -2.44. The molecule has 4 atom stereocenters. The Balaban J connectivity index is 2.49. The molecule has 0 aliphatic carbocycles. The van der Waals surface area contributed by atoms with Crippen molar-refractivity contribution in [2.45, 2.75) is 24.1 Å². The van der Waals surface area contributed by atoms with Crippen molar-refractivity contribution in [3.8, 4) is 12.3 Å². The Bertz CT molecular complexity index is 584. The normalized spacial score (nSPS) is 34.1. The zero-order chi connectivity index (χ0) is 14.2. The van der Waals surface area contributed by atoms with Gasteiger partial charge in [-0.2, -0.15) is 4.98 Å². The van der Waals surface area contributed by atoms with Crippen molar-refractivity contribution in [1.82, 2.24) is 9.55 Å². The fourth-order valence-corrected chi connectivity index (χ4v) is 1.93. The number of ether oxygens (including phenoxy) is 1. The number of hydrogen-bond acceptors (Lipinski definition) is 6. The third-order valence-electron chi connectivity index (χ3n) is 2.95. The number of aromatic nitrogens is 2. The van der Waals surface area contributed by atoms with Gasteiger partial charge in [-0.1, -0.05) is 5.92 Å². The van der Waals surface area contributed by atoms with Gasteiger partial charge in [-0.3, -0.25) is 4.57 Å². The third-order valence-corrected chi connectivity index (χ3v) is 2.95. The molecule has 0 radical (unpaired) electrons. The third kappa shape index (κ3) is 1.98. The molecule has 0 spiro atoms. The number of nitrogen functional groups attached to an aromatic ring is 1. The topological polar surface area (TPSA) is 111 Å².